The molecule has 2 aromatic rings. The Hall–Kier alpha value is -2.53. The number of carbonyl (C=O) groups excluding carboxylic acids is 1. The highest BCUT2D eigenvalue weighted by Crippen LogP contribution is 2.21. The molecule has 0 saturated carbocycles. The van der Waals surface area contributed by atoms with E-state index >= 15 is 0 Å². The number of likely N-dealkylation sites (tertiary alicyclic amines) is 1. The lowest BCUT2D eigenvalue weighted by molar-refractivity contribution is -0.118. The number of nitrogens with one attached hydrogen (secondary N) is 1. The van der Waals surface area contributed by atoms with E-state index in [1.807, 2.05) is 42.5 Å². The Labute approximate surface area is 161 Å². The predicted molar refractivity (Wildman–Crippen MR) is 107 cm³/mol. The van der Waals surface area contributed by atoms with Gasteiger partial charge in [0.05, 0.1) is 6.61 Å². The Morgan fingerprint density at radius 3 is 2.37 bits per heavy atom. The number of rotatable bonds is 9. The summed E-state index contributed by atoms with van der Waals surface area (Å²) in [7, 11) is 0. The first-order valence-corrected chi connectivity index (χ1v) is 9.70. The van der Waals surface area contributed by atoms with Gasteiger partial charge in [0.2, 0.25) is 0 Å². The van der Waals surface area contributed by atoms with Crippen LogP contribution in [-0.4, -0.2) is 37.1 Å². The lowest BCUT2D eigenvalue weighted by Gasteiger charge is -2.18. The highest BCUT2D eigenvalue weighted by Gasteiger charge is 2.14. The summed E-state index contributed by atoms with van der Waals surface area (Å²) in [4.78, 5) is 14.7. The van der Waals surface area contributed by atoms with Gasteiger partial charge in [0.1, 0.15) is 11.5 Å². The van der Waals surface area contributed by atoms with E-state index < -0.39 is 0 Å². The van der Waals surface area contributed by atoms with Crippen molar-refractivity contribution >= 4 is 11.6 Å². The standard InChI is InChI=1S/C22H28N2O3/c1-2-15-26-19-9-11-20(12-10-19)27-17-22(25)23-21-8-4-3-7-18(21)16-24-13-5-6-14-24/h3-4,7-12H,2,5-6,13-17H2,1H3,(H,23,25). The van der Waals surface area contributed by atoms with Crippen LogP contribution in [0.4, 0.5) is 5.69 Å². The van der Waals surface area contributed by atoms with Crippen molar-refractivity contribution in [2.75, 3.05) is 31.6 Å². The third-order valence-corrected chi connectivity index (χ3v) is 4.55. The van der Waals surface area contributed by atoms with E-state index in [-0.39, 0.29) is 12.5 Å². The average Bonchev–Trinajstić information content (AvgIpc) is 3.20. The Kier molecular flexibility index (Phi) is 7.11. The van der Waals surface area contributed by atoms with E-state index in [1.165, 1.54) is 12.8 Å². The largest absolute Gasteiger partial charge is 0.494 e. The Morgan fingerprint density at radius 2 is 1.67 bits per heavy atom. The molecule has 1 amide bonds. The van der Waals surface area contributed by atoms with Gasteiger partial charge in [0.25, 0.3) is 5.91 Å². The van der Waals surface area contributed by atoms with Gasteiger partial charge in [-0.15, -0.1) is 0 Å². The zero-order valence-corrected chi connectivity index (χ0v) is 15.9. The van der Waals surface area contributed by atoms with Gasteiger partial charge in [-0.3, -0.25) is 9.69 Å². The fraction of sp³-hybridized carbons (Fsp3) is 0.409. The monoisotopic (exact) mass is 368 g/mol. The number of nitrogens with zero attached hydrogens (tertiary/aromatic N) is 1. The molecule has 1 aliphatic heterocycles. The molecule has 5 nitrogen and oxygen atoms in total. The second kappa shape index (κ2) is 9.97. The average molecular weight is 368 g/mol. The smallest absolute Gasteiger partial charge is 0.262 e. The second-order valence-electron chi connectivity index (χ2n) is 6.80. The van der Waals surface area contributed by atoms with Crippen LogP contribution in [0.15, 0.2) is 48.5 Å². The summed E-state index contributed by atoms with van der Waals surface area (Å²) < 4.78 is 11.1. The van der Waals surface area contributed by atoms with E-state index in [1.54, 1.807) is 0 Å². The molecule has 1 fully saturated rings. The summed E-state index contributed by atoms with van der Waals surface area (Å²) >= 11 is 0. The van der Waals surface area contributed by atoms with Crippen LogP contribution in [0.2, 0.25) is 0 Å². The van der Waals surface area contributed by atoms with Gasteiger partial charge in [-0.1, -0.05) is 25.1 Å². The maximum Gasteiger partial charge on any atom is 0.262 e. The molecule has 0 radical (unpaired) electrons. The van der Waals surface area contributed by atoms with Crippen LogP contribution in [0.25, 0.3) is 0 Å². The maximum absolute atomic E-state index is 12.3. The summed E-state index contributed by atoms with van der Waals surface area (Å²) in [6, 6.07) is 15.3. The molecule has 0 bridgehead atoms. The molecule has 0 atom stereocenters. The normalized spacial score (nSPS) is 14.1. The SMILES string of the molecule is CCCOc1ccc(OCC(=O)Nc2ccccc2CN2CCCC2)cc1. The van der Waals surface area contributed by atoms with E-state index in [0.29, 0.717) is 12.4 Å². The molecule has 1 saturated heterocycles. The molecule has 0 aliphatic carbocycles. The van der Waals surface area contributed by atoms with Crippen LogP contribution in [0, 0.1) is 0 Å². The van der Waals surface area contributed by atoms with Gasteiger partial charge in [-0.2, -0.15) is 0 Å². The Bertz CT molecular complexity index is 725. The number of carbonyl (C=O) groups is 1. The van der Waals surface area contributed by atoms with Crippen molar-refractivity contribution in [3.8, 4) is 11.5 Å². The number of amides is 1. The zero-order chi connectivity index (χ0) is 18.9. The Balaban J connectivity index is 1.50. The molecular weight excluding hydrogens is 340 g/mol. The molecule has 3 rings (SSSR count). The highest BCUT2D eigenvalue weighted by atomic mass is 16.5. The third kappa shape index (κ3) is 6.00. The van der Waals surface area contributed by atoms with Crippen molar-refractivity contribution < 1.29 is 14.3 Å². The minimum absolute atomic E-state index is 0.0206. The maximum atomic E-state index is 12.3. The van der Waals surface area contributed by atoms with E-state index in [2.05, 4.69) is 23.2 Å². The third-order valence-electron chi connectivity index (χ3n) is 4.55. The molecule has 0 spiro atoms. The quantitative estimate of drug-likeness (QED) is 0.724. The van der Waals surface area contributed by atoms with Crippen molar-refractivity contribution in [1.29, 1.82) is 0 Å². The van der Waals surface area contributed by atoms with Gasteiger partial charge in [-0.05, 0) is 68.2 Å². The molecule has 0 unspecified atom stereocenters. The molecular formula is C22H28N2O3. The van der Waals surface area contributed by atoms with Crippen LogP contribution in [0.3, 0.4) is 0 Å². The molecule has 1 N–H and O–H groups in total. The molecule has 0 aromatic heterocycles. The second-order valence-corrected chi connectivity index (χ2v) is 6.80. The molecule has 1 aliphatic rings. The zero-order valence-electron chi connectivity index (χ0n) is 15.9. The predicted octanol–water partition coefficient (Wildman–Crippen LogP) is 4.09. The van der Waals surface area contributed by atoms with Crippen LogP contribution < -0.4 is 14.8 Å². The first-order valence-electron chi connectivity index (χ1n) is 9.70. The van der Waals surface area contributed by atoms with E-state index in [0.717, 1.165) is 43.1 Å². The lowest BCUT2D eigenvalue weighted by atomic mass is 10.1. The molecule has 2 aromatic carbocycles. The Morgan fingerprint density at radius 1 is 1.00 bits per heavy atom. The van der Waals surface area contributed by atoms with Gasteiger partial charge >= 0.3 is 0 Å². The minimum atomic E-state index is -0.157. The van der Waals surface area contributed by atoms with Crippen LogP contribution >= 0.6 is 0 Å². The number of hydrogen-bond acceptors (Lipinski definition) is 4. The van der Waals surface area contributed by atoms with Gasteiger partial charge in [0, 0.05) is 12.2 Å². The summed E-state index contributed by atoms with van der Waals surface area (Å²) in [6.45, 7) is 5.87. The van der Waals surface area contributed by atoms with E-state index in [9.17, 15) is 4.79 Å². The highest BCUT2D eigenvalue weighted by molar-refractivity contribution is 5.92. The van der Waals surface area contributed by atoms with Crippen LogP contribution in [0.1, 0.15) is 31.7 Å². The molecule has 1 heterocycles. The summed E-state index contributed by atoms with van der Waals surface area (Å²) in [5.74, 6) is 1.30. The van der Waals surface area contributed by atoms with Crippen molar-refractivity contribution in [1.82, 2.24) is 4.90 Å². The number of benzene rings is 2. The van der Waals surface area contributed by atoms with Gasteiger partial charge in [0.15, 0.2) is 6.61 Å². The summed E-state index contributed by atoms with van der Waals surface area (Å²) in [5.41, 5.74) is 2.01. The van der Waals surface area contributed by atoms with Crippen molar-refractivity contribution in [3.63, 3.8) is 0 Å². The number of hydrogen-bond donors (Lipinski definition) is 1. The topological polar surface area (TPSA) is 50.8 Å². The van der Waals surface area contributed by atoms with Crippen molar-refractivity contribution in [2.24, 2.45) is 0 Å². The van der Waals surface area contributed by atoms with Crippen molar-refractivity contribution in [2.45, 2.75) is 32.7 Å². The number of anilines is 1. The van der Waals surface area contributed by atoms with Crippen LogP contribution in [-0.2, 0) is 11.3 Å². The number of para-hydroxylation sites is 1. The fourth-order valence-corrected chi connectivity index (χ4v) is 3.15. The fourth-order valence-electron chi connectivity index (χ4n) is 3.15. The summed E-state index contributed by atoms with van der Waals surface area (Å²) in [6.07, 6.45) is 3.48. The first-order chi connectivity index (χ1) is 13.2. The molecule has 27 heavy (non-hydrogen) atoms. The van der Waals surface area contributed by atoms with Crippen molar-refractivity contribution in [3.05, 3.63) is 54.1 Å². The lowest BCUT2D eigenvalue weighted by Crippen LogP contribution is -2.23. The molecule has 144 valence electrons. The molecule has 5 heteroatoms. The summed E-state index contributed by atoms with van der Waals surface area (Å²) in [5, 5.41) is 2.98. The van der Waals surface area contributed by atoms with Crippen LogP contribution in [0.5, 0.6) is 11.5 Å². The van der Waals surface area contributed by atoms with Gasteiger partial charge < -0.3 is 14.8 Å². The minimum Gasteiger partial charge on any atom is -0.494 e. The van der Waals surface area contributed by atoms with E-state index in [4.69, 9.17) is 9.47 Å². The first kappa shape index (κ1) is 19.2. The number of ether oxygens (including phenoxy) is 2. The van der Waals surface area contributed by atoms with Gasteiger partial charge in [-0.25, -0.2) is 0 Å².